The summed E-state index contributed by atoms with van der Waals surface area (Å²) in [5, 5.41) is 10.4. The van der Waals surface area contributed by atoms with Gasteiger partial charge in [-0.15, -0.1) is 18.9 Å². The van der Waals surface area contributed by atoms with Crippen molar-refractivity contribution in [2.45, 2.75) is 86.0 Å². The van der Waals surface area contributed by atoms with Crippen molar-refractivity contribution in [3.8, 4) is 12.3 Å². The largest absolute Gasteiger partial charge is 0.346 e. The number of carbonyl (C=O) groups is 7. The lowest BCUT2D eigenvalue weighted by Crippen LogP contribution is -2.63. The zero-order valence-electron chi connectivity index (χ0n) is 29.6. The average Bonchev–Trinajstić information content (AvgIpc) is 3.27. The third kappa shape index (κ3) is 7.82. The van der Waals surface area contributed by atoms with Gasteiger partial charge in [-0.05, 0) is 28.1 Å². The predicted octanol–water partition coefficient (Wildman–Crippen LogP) is 0.871. The summed E-state index contributed by atoms with van der Waals surface area (Å²) in [6.07, 6.45) is 6.65. The highest BCUT2D eigenvalue weighted by molar-refractivity contribution is 6.38. The molecule has 264 valence electrons. The molecule has 2 saturated heterocycles. The number of imide groups is 1. The summed E-state index contributed by atoms with van der Waals surface area (Å²) in [4.78, 5) is 96.0. The van der Waals surface area contributed by atoms with Crippen LogP contribution in [-0.2, 0) is 24.0 Å². The number of ketones is 1. The summed E-state index contributed by atoms with van der Waals surface area (Å²) in [6.45, 7) is 18.7. The van der Waals surface area contributed by atoms with E-state index in [1.165, 1.54) is 15.9 Å². The Morgan fingerprint density at radius 1 is 1.10 bits per heavy atom. The SMILES string of the molecule is C#CCC(NC(=O)[C@@H]1[C@@H]2[C@H](CN1C(=O)[C@@H](NC(=O)N(C)[C@H](CN1C(=O)CNC1=O)C(C)(C)C)C(C)(C)C)C2(C)C)C(=O)C(=O)NCC=C. The molecule has 2 heterocycles. The van der Waals surface area contributed by atoms with Crippen molar-refractivity contribution >= 4 is 41.5 Å². The molecule has 6 atom stereocenters. The molecule has 3 rings (SSSR count). The average molecular weight is 670 g/mol. The van der Waals surface area contributed by atoms with E-state index in [9.17, 15) is 33.6 Å². The van der Waals surface area contributed by atoms with E-state index < -0.39 is 76.5 Å². The van der Waals surface area contributed by atoms with E-state index in [0.29, 0.717) is 0 Å². The molecule has 14 nitrogen and oxygen atoms in total. The van der Waals surface area contributed by atoms with Crippen molar-refractivity contribution in [2.75, 3.05) is 33.2 Å². The van der Waals surface area contributed by atoms with Gasteiger partial charge in [0.2, 0.25) is 23.5 Å². The highest BCUT2D eigenvalue weighted by Crippen LogP contribution is 2.65. The maximum absolute atomic E-state index is 14.4. The minimum Gasteiger partial charge on any atom is -0.346 e. The van der Waals surface area contributed by atoms with E-state index in [2.05, 4.69) is 33.8 Å². The molecule has 2 aliphatic heterocycles. The van der Waals surface area contributed by atoms with Crippen LogP contribution in [-0.4, -0.2) is 114 Å². The van der Waals surface area contributed by atoms with E-state index in [4.69, 9.17) is 6.42 Å². The minimum atomic E-state index is -1.30. The summed E-state index contributed by atoms with van der Waals surface area (Å²) in [7, 11) is 1.55. The molecule has 1 saturated carbocycles. The van der Waals surface area contributed by atoms with Crippen LogP contribution in [0.25, 0.3) is 0 Å². The number of nitrogens with zero attached hydrogens (tertiary/aromatic N) is 3. The molecular formula is C34H51N7O7. The Kier molecular flexibility index (Phi) is 11.1. The van der Waals surface area contributed by atoms with Gasteiger partial charge in [-0.3, -0.25) is 28.9 Å². The van der Waals surface area contributed by atoms with Gasteiger partial charge in [-0.25, -0.2) is 9.59 Å². The molecule has 3 aliphatic rings. The Labute approximate surface area is 283 Å². The van der Waals surface area contributed by atoms with Crippen LogP contribution >= 0.6 is 0 Å². The van der Waals surface area contributed by atoms with Crippen LogP contribution in [0.1, 0.15) is 61.8 Å². The number of nitrogens with one attached hydrogen (secondary N) is 4. The Hall–Kier alpha value is -4.41. The fourth-order valence-electron chi connectivity index (χ4n) is 6.78. The molecule has 48 heavy (non-hydrogen) atoms. The van der Waals surface area contributed by atoms with Crippen molar-refractivity contribution in [3.63, 3.8) is 0 Å². The first kappa shape index (κ1) is 38.0. The van der Waals surface area contributed by atoms with Crippen molar-refractivity contribution in [2.24, 2.45) is 28.1 Å². The number of carbonyl (C=O) groups excluding carboxylic acids is 7. The number of Topliss-reactive ketones (excluding diaryl/α,β-unsaturated/α-hetero) is 1. The number of likely N-dealkylation sites (tertiary alicyclic amines) is 1. The van der Waals surface area contributed by atoms with Crippen LogP contribution < -0.4 is 21.3 Å². The zero-order chi connectivity index (χ0) is 36.5. The second kappa shape index (κ2) is 14.0. The van der Waals surface area contributed by atoms with E-state index >= 15 is 0 Å². The van der Waals surface area contributed by atoms with E-state index in [0.717, 1.165) is 4.90 Å². The molecule has 0 aromatic heterocycles. The van der Waals surface area contributed by atoms with Gasteiger partial charge < -0.3 is 31.1 Å². The fraction of sp³-hybridized carbons (Fsp3) is 0.676. The number of rotatable bonds is 12. The maximum atomic E-state index is 14.4. The van der Waals surface area contributed by atoms with Gasteiger partial charge in [0.1, 0.15) is 18.1 Å². The molecule has 1 aliphatic carbocycles. The Morgan fingerprint density at radius 2 is 1.73 bits per heavy atom. The number of likely N-dealkylation sites (N-methyl/N-ethyl adjacent to an activating group) is 1. The molecule has 0 bridgehead atoms. The molecule has 4 N–H and O–H groups in total. The summed E-state index contributed by atoms with van der Waals surface area (Å²) in [6, 6.07) is -5.07. The minimum absolute atomic E-state index is 0.00304. The van der Waals surface area contributed by atoms with Crippen molar-refractivity contribution < 1.29 is 33.6 Å². The first-order valence-corrected chi connectivity index (χ1v) is 16.2. The Balaban J connectivity index is 1.86. The highest BCUT2D eigenvalue weighted by Gasteiger charge is 2.70. The van der Waals surface area contributed by atoms with Gasteiger partial charge >= 0.3 is 12.1 Å². The zero-order valence-corrected chi connectivity index (χ0v) is 29.6. The summed E-state index contributed by atoms with van der Waals surface area (Å²) in [5.74, 6) is -1.18. The Morgan fingerprint density at radius 3 is 2.23 bits per heavy atom. The van der Waals surface area contributed by atoms with E-state index in [1.54, 1.807) is 27.8 Å². The van der Waals surface area contributed by atoms with Gasteiger partial charge in [-0.2, -0.15) is 0 Å². The Bertz CT molecular complexity index is 1390. The molecule has 8 amide bonds. The molecule has 0 spiro atoms. The third-order valence-electron chi connectivity index (χ3n) is 9.81. The molecule has 1 unspecified atom stereocenters. The van der Waals surface area contributed by atoms with Crippen molar-refractivity contribution in [1.82, 2.24) is 36.0 Å². The number of urea groups is 2. The number of hydrogen-bond donors (Lipinski definition) is 4. The van der Waals surface area contributed by atoms with Crippen molar-refractivity contribution in [3.05, 3.63) is 12.7 Å². The van der Waals surface area contributed by atoms with E-state index in [1.807, 2.05) is 34.6 Å². The second-order valence-corrected chi connectivity index (χ2v) is 15.6. The quantitative estimate of drug-likeness (QED) is 0.103. The monoisotopic (exact) mass is 669 g/mol. The van der Waals surface area contributed by atoms with E-state index in [-0.39, 0.29) is 49.9 Å². The number of piperidine rings is 1. The highest BCUT2D eigenvalue weighted by atomic mass is 16.2. The molecule has 3 fully saturated rings. The lowest BCUT2D eigenvalue weighted by molar-refractivity contribution is -0.145. The summed E-state index contributed by atoms with van der Waals surface area (Å²) in [5.41, 5.74) is -1.62. The summed E-state index contributed by atoms with van der Waals surface area (Å²) < 4.78 is 0. The van der Waals surface area contributed by atoms with Crippen LogP contribution in [0.3, 0.4) is 0 Å². The number of hydrogen-bond acceptors (Lipinski definition) is 7. The van der Waals surface area contributed by atoms with Gasteiger partial charge in [0.25, 0.3) is 5.91 Å². The van der Waals surface area contributed by atoms with Gasteiger partial charge in [0.05, 0.1) is 19.1 Å². The molecule has 14 heteroatoms. The summed E-state index contributed by atoms with van der Waals surface area (Å²) >= 11 is 0. The fourth-order valence-corrected chi connectivity index (χ4v) is 6.78. The van der Waals surface area contributed by atoms with Crippen LogP contribution in [0.15, 0.2) is 12.7 Å². The van der Waals surface area contributed by atoms with Crippen LogP contribution in [0.5, 0.6) is 0 Å². The second-order valence-electron chi connectivity index (χ2n) is 15.6. The van der Waals surface area contributed by atoms with Crippen LogP contribution in [0.2, 0.25) is 0 Å². The number of terminal acetylenes is 1. The molecule has 0 aromatic rings. The first-order chi connectivity index (χ1) is 22.1. The van der Waals surface area contributed by atoms with Gasteiger partial charge in [0, 0.05) is 26.6 Å². The molecule has 0 aromatic carbocycles. The molecule has 0 radical (unpaired) electrons. The lowest BCUT2D eigenvalue weighted by atomic mass is 9.84. The number of fused-ring (bicyclic) bond motifs is 1. The normalized spacial score (nSPS) is 23.1. The standard InChI is InChI=1S/C34H51N7O7/c1-12-14-20(25(43)28(45)35-15-13-2)37-27(44)24-23-19(34(23,9)10)17-41(24)29(46)26(33(6,7)8)38-31(48)39(11)21(32(3,4)5)18-40-22(42)16-36-30(40)47/h1,13,19-21,23-24,26H,2,14-18H2,3-11H3,(H,35,45)(H,36,47)(H,37,44)(H,38,48)/t19-,20?,21+,23-,24-,26+/m0/s1. The van der Waals surface area contributed by atoms with Crippen molar-refractivity contribution in [1.29, 1.82) is 0 Å². The number of amides is 8. The topological polar surface area (TPSA) is 177 Å². The molecular weight excluding hydrogens is 618 g/mol. The van der Waals surface area contributed by atoms with Crippen LogP contribution in [0, 0.1) is 40.4 Å². The maximum Gasteiger partial charge on any atom is 0.324 e. The lowest BCUT2D eigenvalue weighted by Gasteiger charge is -2.42. The first-order valence-electron chi connectivity index (χ1n) is 16.2. The van der Waals surface area contributed by atoms with Gasteiger partial charge in [-0.1, -0.05) is 61.5 Å². The van der Waals surface area contributed by atoms with Crippen LogP contribution in [0.4, 0.5) is 9.59 Å². The predicted molar refractivity (Wildman–Crippen MR) is 178 cm³/mol. The smallest absolute Gasteiger partial charge is 0.324 e. The van der Waals surface area contributed by atoms with Gasteiger partial charge in [0.15, 0.2) is 0 Å². The third-order valence-corrected chi connectivity index (χ3v) is 9.81.